The second-order valence-corrected chi connectivity index (χ2v) is 4.64. The monoisotopic (exact) mass is 294 g/mol. The van der Waals surface area contributed by atoms with Gasteiger partial charge in [0, 0.05) is 16.1 Å². The Balaban J connectivity index is 2.14. The smallest absolute Gasteiger partial charge is 0.307 e. The van der Waals surface area contributed by atoms with E-state index < -0.39 is 11.8 Å². The zero-order chi connectivity index (χ0) is 14.5. The van der Waals surface area contributed by atoms with Gasteiger partial charge in [0.05, 0.1) is 6.42 Å². The zero-order valence-electron chi connectivity index (χ0n) is 10.5. The molecule has 104 valence electrons. The Labute approximate surface area is 120 Å². The number of hydrogen-bond acceptors (Lipinski definition) is 2. The Morgan fingerprint density at radius 2 is 1.95 bits per heavy atom. The van der Waals surface area contributed by atoms with Crippen molar-refractivity contribution < 1.29 is 19.0 Å². The van der Waals surface area contributed by atoms with Crippen molar-refractivity contribution in [2.24, 2.45) is 0 Å². The van der Waals surface area contributed by atoms with E-state index >= 15 is 0 Å². The highest BCUT2D eigenvalue weighted by molar-refractivity contribution is 6.30. The van der Waals surface area contributed by atoms with Gasteiger partial charge in [-0.2, -0.15) is 0 Å². The van der Waals surface area contributed by atoms with Crippen molar-refractivity contribution in [3.63, 3.8) is 0 Å². The van der Waals surface area contributed by atoms with Gasteiger partial charge in [0.2, 0.25) is 0 Å². The lowest BCUT2D eigenvalue weighted by atomic mass is 10.1. The highest BCUT2D eigenvalue weighted by Crippen LogP contribution is 2.22. The highest BCUT2D eigenvalue weighted by Gasteiger charge is 2.09. The fraction of sp³-hybridized carbons (Fsp3) is 0.133. The van der Waals surface area contributed by atoms with E-state index in [-0.39, 0.29) is 13.0 Å². The van der Waals surface area contributed by atoms with E-state index in [9.17, 15) is 9.18 Å². The van der Waals surface area contributed by atoms with Crippen molar-refractivity contribution in [2.45, 2.75) is 13.0 Å². The third-order valence-electron chi connectivity index (χ3n) is 2.71. The highest BCUT2D eigenvalue weighted by atomic mass is 35.5. The van der Waals surface area contributed by atoms with Crippen LogP contribution in [0.4, 0.5) is 4.39 Å². The molecule has 0 saturated carbocycles. The summed E-state index contributed by atoms with van der Waals surface area (Å²) >= 11 is 5.80. The van der Waals surface area contributed by atoms with Crippen LogP contribution in [0.1, 0.15) is 11.1 Å². The fourth-order valence-corrected chi connectivity index (χ4v) is 1.96. The van der Waals surface area contributed by atoms with E-state index in [1.807, 2.05) is 0 Å². The van der Waals surface area contributed by atoms with Crippen LogP contribution in [0.5, 0.6) is 5.75 Å². The molecule has 0 amide bonds. The second kappa shape index (κ2) is 6.39. The third-order valence-corrected chi connectivity index (χ3v) is 2.94. The molecule has 0 fully saturated rings. The average Bonchev–Trinajstić information content (AvgIpc) is 2.41. The van der Waals surface area contributed by atoms with Crippen LogP contribution < -0.4 is 4.74 Å². The van der Waals surface area contributed by atoms with Crippen LogP contribution in [0.15, 0.2) is 42.5 Å². The molecule has 2 rings (SSSR count). The molecule has 2 aromatic carbocycles. The molecule has 1 N–H and O–H groups in total. The number of benzene rings is 2. The lowest BCUT2D eigenvalue weighted by Gasteiger charge is -2.11. The summed E-state index contributed by atoms with van der Waals surface area (Å²) in [6, 6.07) is 11.0. The lowest BCUT2D eigenvalue weighted by Crippen LogP contribution is -2.04. The summed E-state index contributed by atoms with van der Waals surface area (Å²) in [5.41, 5.74) is 0.866. The maximum Gasteiger partial charge on any atom is 0.307 e. The van der Waals surface area contributed by atoms with Crippen LogP contribution in [-0.4, -0.2) is 11.1 Å². The van der Waals surface area contributed by atoms with Crippen molar-refractivity contribution >= 4 is 17.6 Å². The summed E-state index contributed by atoms with van der Waals surface area (Å²) in [4.78, 5) is 10.8. The molecule has 3 nitrogen and oxygen atoms in total. The van der Waals surface area contributed by atoms with Gasteiger partial charge in [0.25, 0.3) is 0 Å². The SMILES string of the molecule is O=C(O)Cc1ccccc1OCc1cc(Cl)ccc1F. The van der Waals surface area contributed by atoms with Gasteiger partial charge in [-0.15, -0.1) is 0 Å². The van der Waals surface area contributed by atoms with Gasteiger partial charge in [-0.05, 0) is 24.3 Å². The predicted octanol–water partition coefficient (Wildman–Crippen LogP) is 3.69. The summed E-state index contributed by atoms with van der Waals surface area (Å²) in [6.45, 7) is -0.0109. The van der Waals surface area contributed by atoms with Crippen molar-refractivity contribution in [1.82, 2.24) is 0 Å². The molecule has 2 aromatic rings. The number of aliphatic carboxylic acids is 1. The van der Waals surface area contributed by atoms with Gasteiger partial charge in [-0.3, -0.25) is 4.79 Å². The van der Waals surface area contributed by atoms with Crippen molar-refractivity contribution in [3.8, 4) is 5.75 Å². The molecule has 20 heavy (non-hydrogen) atoms. The normalized spacial score (nSPS) is 10.3. The van der Waals surface area contributed by atoms with E-state index in [2.05, 4.69) is 0 Å². The number of hydrogen-bond donors (Lipinski definition) is 1. The standard InChI is InChI=1S/C15H12ClFO3/c16-12-5-6-13(17)11(7-12)9-20-14-4-2-1-3-10(14)8-15(18)19/h1-7H,8-9H2,(H,18,19). The van der Waals surface area contributed by atoms with E-state index in [0.29, 0.717) is 21.9 Å². The van der Waals surface area contributed by atoms with Gasteiger partial charge in [-0.25, -0.2) is 4.39 Å². The molecule has 5 heteroatoms. The molecule has 0 aliphatic heterocycles. The Kier molecular flexibility index (Phi) is 4.58. The lowest BCUT2D eigenvalue weighted by molar-refractivity contribution is -0.136. The van der Waals surface area contributed by atoms with Crippen LogP contribution in [-0.2, 0) is 17.8 Å². The first kappa shape index (κ1) is 14.3. The van der Waals surface area contributed by atoms with E-state index in [1.54, 1.807) is 24.3 Å². The van der Waals surface area contributed by atoms with Crippen LogP contribution in [0.3, 0.4) is 0 Å². The number of ether oxygens (including phenoxy) is 1. The van der Waals surface area contributed by atoms with Gasteiger partial charge in [0.1, 0.15) is 18.2 Å². The summed E-state index contributed by atoms with van der Waals surface area (Å²) in [5, 5.41) is 9.24. The Morgan fingerprint density at radius 1 is 1.20 bits per heavy atom. The molecule has 0 atom stereocenters. The second-order valence-electron chi connectivity index (χ2n) is 4.20. The molecule has 0 aliphatic rings. The fourth-order valence-electron chi connectivity index (χ4n) is 1.76. The molecule has 0 aromatic heterocycles. The first-order chi connectivity index (χ1) is 9.56. The molecular weight excluding hydrogens is 283 g/mol. The topological polar surface area (TPSA) is 46.5 Å². The minimum Gasteiger partial charge on any atom is -0.488 e. The van der Waals surface area contributed by atoms with Crippen LogP contribution in [0.25, 0.3) is 0 Å². The quantitative estimate of drug-likeness (QED) is 0.915. The minimum absolute atomic E-state index is 0.0109. The summed E-state index contributed by atoms with van der Waals surface area (Å²) in [7, 11) is 0. The number of halogens is 2. The van der Waals surface area contributed by atoms with Crippen LogP contribution in [0, 0.1) is 5.82 Å². The number of carboxylic acid groups (broad SMARTS) is 1. The van der Waals surface area contributed by atoms with Crippen molar-refractivity contribution in [1.29, 1.82) is 0 Å². The first-order valence-corrected chi connectivity index (χ1v) is 6.30. The summed E-state index contributed by atoms with van der Waals surface area (Å²) < 4.78 is 19.0. The maximum atomic E-state index is 13.6. The predicted molar refractivity (Wildman–Crippen MR) is 73.5 cm³/mol. The largest absolute Gasteiger partial charge is 0.488 e. The first-order valence-electron chi connectivity index (χ1n) is 5.92. The molecule has 0 heterocycles. The number of rotatable bonds is 5. The third kappa shape index (κ3) is 3.71. The van der Waals surface area contributed by atoms with Crippen molar-refractivity contribution in [2.75, 3.05) is 0 Å². The van der Waals surface area contributed by atoms with Crippen molar-refractivity contribution in [3.05, 3.63) is 64.4 Å². The van der Waals surface area contributed by atoms with Gasteiger partial charge in [0.15, 0.2) is 0 Å². The average molecular weight is 295 g/mol. The molecule has 0 spiro atoms. The van der Waals surface area contributed by atoms with Gasteiger partial charge < -0.3 is 9.84 Å². The molecule has 0 radical (unpaired) electrons. The number of carbonyl (C=O) groups is 1. The molecule has 0 unspecified atom stereocenters. The summed E-state index contributed by atoms with van der Waals surface area (Å²) in [6.07, 6.45) is -0.145. The van der Waals surface area contributed by atoms with Gasteiger partial charge >= 0.3 is 5.97 Å². The van der Waals surface area contributed by atoms with E-state index in [0.717, 1.165) is 0 Å². The molecule has 0 aliphatic carbocycles. The number of carboxylic acids is 1. The molecule has 0 bridgehead atoms. The zero-order valence-corrected chi connectivity index (χ0v) is 11.2. The maximum absolute atomic E-state index is 13.6. The minimum atomic E-state index is -0.949. The van der Waals surface area contributed by atoms with E-state index in [4.69, 9.17) is 21.4 Å². The van der Waals surface area contributed by atoms with Crippen LogP contribution >= 0.6 is 11.6 Å². The van der Waals surface area contributed by atoms with Crippen LogP contribution in [0.2, 0.25) is 5.02 Å². The molecular formula is C15H12ClFO3. The summed E-state index contributed by atoms with van der Waals surface area (Å²) in [5.74, 6) is -0.936. The Morgan fingerprint density at radius 3 is 2.70 bits per heavy atom. The Hall–Kier alpha value is -2.07. The number of para-hydroxylation sites is 1. The van der Waals surface area contributed by atoms with E-state index in [1.165, 1.54) is 18.2 Å². The Bertz CT molecular complexity index is 628. The van der Waals surface area contributed by atoms with Gasteiger partial charge in [-0.1, -0.05) is 29.8 Å². The molecule has 0 saturated heterocycles.